The van der Waals surface area contributed by atoms with E-state index in [1.165, 1.54) is 18.2 Å². The Kier molecular flexibility index (Phi) is 5.91. The van der Waals surface area contributed by atoms with Gasteiger partial charge in [-0.15, -0.1) is 0 Å². The summed E-state index contributed by atoms with van der Waals surface area (Å²) in [5, 5.41) is 0.232. The van der Waals surface area contributed by atoms with Gasteiger partial charge in [0.25, 0.3) is 5.91 Å². The third-order valence-electron chi connectivity index (χ3n) is 3.58. The van der Waals surface area contributed by atoms with Gasteiger partial charge in [-0.05, 0) is 45.9 Å². The summed E-state index contributed by atoms with van der Waals surface area (Å²) in [5.74, 6) is -0.288. The number of carbonyl (C=O) groups excluding carboxylic acids is 1. The van der Waals surface area contributed by atoms with Gasteiger partial charge in [-0.1, -0.05) is 11.6 Å². The van der Waals surface area contributed by atoms with Gasteiger partial charge in [0, 0.05) is 19.1 Å². The van der Waals surface area contributed by atoms with Crippen molar-refractivity contribution in [3.8, 4) is 0 Å². The number of nitrogens with zero attached hydrogens (tertiary/aromatic N) is 1. The van der Waals surface area contributed by atoms with Crippen LogP contribution < -0.4 is 4.72 Å². The maximum absolute atomic E-state index is 12.8. The van der Waals surface area contributed by atoms with Crippen molar-refractivity contribution < 1.29 is 17.9 Å². The lowest BCUT2D eigenvalue weighted by atomic mass is 10.1. The molecular formula is C16H23ClN2O4S. The fraction of sp³-hybridized carbons (Fsp3) is 0.562. The maximum atomic E-state index is 12.8. The van der Waals surface area contributed by atoms with Gasteiger partial charge in [0.2, 0.25) is 10.0 Å². The third kappa shape index (κ3) is 4.47. The van der Waals surface area contributed by atoms with Gasteiger partial charge >= 0.3 is 0 Å². The van der Waals surface area contributed by atoms with Crippen LogP contribution in [0, 0.1) is 0 Å². The largest absolute Gasteiger partial charge is 0.372 e. The first-order valence-electron chi connectivity index (χ1n) is 7.86. The molecule has 1 amide bonds. The number of hydrogen-bond acceptors (Lipinski definition) is 4. The van der Waals surface area contributed by atoms with E-state index in [2.05, 4.69) is 4.72 Å². The zero-order valence-electron chi connectivity index (χ0n) is 14.2. The molecule has 2 rings (SSSR count). The first kappa shape index (κ1) is 19.2. The van der Waals surface area contributed by atoms with Gasteiger partial charge in [0.15, 0.2) is 0 Å². The van der Waals surface area contributed by atoms with Crippen LogP contribution in [-0.2, 0) is 14.8 Å². The number of carbonyl (C=O) groups is 1. The second-order valence-electron chi connectivity index (χ2n) is 6.39. The van der Waals surface area contributed by atoms with Crippen LogP contribution >= 0.6 is 11.6 Å². The SMILES string of the molecule is CC(C)NS(=O)(=O)c1ccc(Cl)c(C(=O)N2CC(C)OC(C)C2)c1. The highest BCUT2D eigenvalue weighted by atomic mass is 35.5. The summed E-state index contributed by atoms with van der Waals surface area (Å²) in [7, 11) is -3.69. The molecule has 0 aliphatic carbocycles. The van der Waals surface area contributed by atoms with Gasteiger partial charge in [-0.3, -0.25) is 4.79 Å². The molecule has 6 nitrogen and oxygen atoms in total. The Morgan fingerprint density at radius 3 is 2.42 bits per heavy atom. The number of sulfonamides is 1. The number of nitrogens with one attached hydrogen (secondary N) is 1. The molecule has 0 spiro atoms. The van der Waals surface area contributed by atoms with Gasteiger partial charge in [-0.2, -0.15) is 0 Å². The Hall–Kier alpha value is -1.15. The molecule has 8 heteroatoms. The predicted molar refractivity (Wildman–Crippen MR) is 92.8 cm³/mol. The molecule has 0 aromatic heterocycles. The van der Waals surface area contributed by atoms with E-state index in [1.54, 1.807) is 18.7 Å². The van der Waals surface area contributed by atoms with E-state index in [0.29, 0.717) is 13.1 Å². The van der Waals surface area contributed by atoms with Crippen LogP contribution in [-0.4, -0.2) is 50.6 Å². The minimum absolute atomic E-state index is 0.0262. The van der Waals surface area contributed by atoms with Crippen molar-refractivity contribution in [1.82, 2.24) is 9.62 Å². The van der Waals surface area contributed by atoms with Crippen LogP contribution in [0.1, 0.15) is 38.1 Å². The topological polar surface area (TPSA) is 75.7 Å². The average Bonchev–Trinajstić information content (AvgIpc) is 2.44. The van der Waals surface area contributed by atoms with Crippen molar-refractivity contribution >= 4 is 27.5 Å². The Labute approximate surface area is 148 Å². The van der Waals surface area contributed by atoms with Crippen molar-refractivity contribution in [2.24, 2.45) is 0 Å². The van der Waals surface area contributed by atoms with Crippen molar-refractivity contribution in [1.29, 1.82) is 0 Å². The number of rotatable bonds is 4. The van der Waals surface area contributed by atoms with Crippen LogP contribution in [0.5, 0.6) is 0 Å². The van der Waals surface area contributed by atoms with Gasteiger partial charge in [0.05, 0.1) is 27.7 Å². The van der Waals surface area contributed by atoms with Crippen LogP contribution in [0.2, 0.25) is 5.02 Å². The highest BCUT2D eigenvalue weighted by molar-refractivity contribution is 7.89. The fourth-order valence-corrected chi connectivity index (χ4v) is 4.20. The standard InChI is InChI=1S/C16H23ClN2O4S/c1-10(2)18-24(21,22)13-5-6-15(17)14(7-13)16(20)19-8-11(3)23-12(4)9-19/h5-7,10-12,18H,8-9H2,1-4H3. The lowest BCUT2D eigenvalue weighted by Gasteiger charge is -2.35. The summed E-state index contributed by atoms with van der Waals surface area (Å²) < 4.78 is 32.7. The lowest BCUT2D eigenvalue weighted by molar-refractivity contribution is -0.0586. The van der Waals surface area contributed by atoms with Crippen molar-refractivity contribution in [3.63, 3.8) is 0 Å². The minimum atomic E-state index is -3.69. The lowest BCUT2D eigenvalue weighted by Crippen LogP contribution is -2.48. The molecule has 2 unspecified atom stereocenters. The zero-order valence-corrected chi connectivity index (χ0v) is 15.8. The van der Waals surface area contributed by atoms with E-state index in [-0.39, 0.29) is 39.6 Å². The maximum Gasteiger partial charge on any atom is 0.255 e. The van der Waals surface area contributed by atoms with Crippen LogP contribution in [0.25, 0.3) is 0 Å². The molecular weight excluding hydrogens is 352 g/mol. The van der Waals surface area contributed by atoms with Gasteiger partial charge in [0.1, 0.15) is 0 Å². The summed E-state index contributed by atoms with van der Waals surface area (Å²) in [6.07, 6.45) is -0.156. The second-order valence-corrected chi connectivity index (χ2v) is 8.51. The number of ether oxygens (including phenoxy) is 1. The predicted octanol–water partition coefficient (Wildman–Crippen LogP) is 2.28. The molecule has 0 saturated carbocycles. The van der Waals surface area contributed by atoms with E-state index in [0.717, 1.165) is 0 Å². The summed E-state index contributed by atoms with van der Waals surface area (Å²) >= 11 is 6.14. The van der Waals surface area contributed by atoms with Gasteiger partial charge < -0.3 is 9.64 Å². The zero-order chi connectivity index (χ0) is 18.1. The molecule has 0 bridgehead atoms. The van der Waals surface area contributed by atoms with Crippen LogP contribution in [0.15, 0.2) is 23.1 Å². The Bertz CT molecular complexity index is 711. The van der Waals surface area contributed by atoms with Crippen LogP contribution in [0.4, 0.5) is 0 Å². The molecule has 134 valence electrons. The summed E-state index contributed by atoms with van der Waals surface area (Å²) in [6.45, 7) is 8.14. The third-order valence-corrected chi connectivity index (χ3v) is 5.56. The fourth-order valence-electron chi connectivity index (χ4n) is 2.73. The monoisotopic (exact) mass is 374 g/mol. The molecule has 0 radical (unpaired) electrons. The molecule has 2 atom stereocenters. The Balaban J connectivity index is 2.33. The smallest absolute Gasteiger partial charge is 0.255 e. The summed E-state index contributed by atoms with van der Waals surface area (Å²) in [4.78, 5) is 14.5. The number of hydrogen-bond donors (Lipinski definition) is 1. The minimum Gasteiger partial charge on any atom is -0.372 e. The van der Waals surface area contributed by atoms with Crippen molar-refractivity contribution in [2.45, 2.75) is 50.8 Å². The van der Waals surface area contributed by atoms with Gasteiger partial charge in [-0.25, -0.2) is 13.1 Å². The highest BCUT2D eigenvalue weighted by Crippen LogP contribution is 2.24. The molecule has 24 heavy (non-hydrogen) atoms. The summed E-state index contributed by atoms with van der Waals surface area (Å²) in [6, 6.07) is 3.93. The summed E-state index contributed by atoms with van der Waals surface area (Å²) in [5.41, 5.74) is 0.185. The normalized spacial score (nSPS) is 22.0. The molecule has 1 aromatic carbocycles. The number of morpholine rings is 1. The van der Waals surface area contributed by atoms with Crippen LogP contribution in [0.3, 0.4) is 0 Å². The highest BCUT2D eigenvalue weighted by Gasteiger charge is 2.28. The number of benzene rings is 1. The first-order chi connectivity index (χ1) is 11.1. The quantitative estimate of drug-likeness (QED) is 0.877. The van der Waals surface area contributed by atoms with E-state index in [4.69, 9.17) is 16.3 Å². The number of amides is 1. The molecule has 1 aliphatic heterocycles. The molecule has 1 aliphatic rings. The van der Waals surface area contributed by atoms with Crippen molar-refractivity contribution in [2.75, 3.05) is 13.1 Å². The molecule has 1 heterocycles. The first-order valence-corrected chi connectivity index (χ1v) is 9.73. The Morgan fingerprint density at radius 1 is 1.29 bits per heavy atom. The Morgan fingerprint density at radius 2 is 1.88 bits per heavy atom. The molecule has 1 saturated heterocycles. The average molecular weight is 375 g/mol. The molecule has 1 aromatic rings. The van der Waals surface area contributed by atoms with E-state index >= 15 is 0 Å². The molecule has 1 N–H and O–H groups in total. The van der Waals surface area contributed by atoms with Crippen molar-refractivity contribution in [3.05, 3.63) is 28.8 Å². The molecule has 1 fully saturated rings. The van der Waals surface area contributed by atoms with E-state index < -0.39 is 10.0 Å². The van der Waals surface area contributed by atoms with E-state index in [1.807, 2.05) is 13.8 Å². The second kappa shape index (κ2) is 7.39. The van der Waals surface area contributed by atoms with E-state index in [9.17, 15) is 13.2 Å². The number of halogens is 1.